The van der Waals surface area contributed by atoms with Crippen LogP contribution in [0.2, 0.25) is 0 Å². The van der Waals surface area contributed by atoms with Gasteiger partial charge in [-0.15, -0.1) is 6.42 Å². The van der Waals surface area contributed by atoms with Crippen molar-refractivity contribution in [2.75, 3.05) is 37.7 Å². The summed E-state index contributed by atoms with van der Waals surface area (Å²) < 4.78 is 5.67. The first-order valence-electron chi connectivity index (χ1n) is 6.43. The van der Waals surface area contributed by atoms with Gasteiger partial charge in [-0.1, -0.05) is 12.0 Å². The minimum Gasteiger partial charge on any atom is -0.492 e. The summed E-state index contributed by atoms with van der Waals surface area (Å²) in [5.74, 6) is 3.44. The number of rotatable bonds is 8. The van der Waals surface area contributed by atoms with Crippen molar-refractivity contribution < 1.29 is 4.74 Å². The fraction of sp³-hybridized carbons (Fsp3) is 0.467. The molecule has 3 heteroatoms. The molecular formula is C15H22N2O. The van der Waals surface area contributed by atoms with Crippen molar-refractivity contribution in [3.8, 4) is 18.1 Å². The van der Waals surface area contributed by atoms with Crippen LogP contribution < -0.4 is 15.0 Å². The van der Waals surface area contributed by atoms with Crippen LogP contribution in [-0.2, 0) is 0 Å². The van der Waals surface area contributed by atoms with Crippen molar-refractivity contribution in [1.82, 2.24) is 5.32 Å². The van der Waals surface area contributed by atoms with Gasteiger partial charge >= 0.3 is 0 Å². The number of ether oxygens (including phenoxy) is 1. The number of benzene rings is 1. The fourth-order valence-corrected chi connectivity index (χ4v) is 1.76. The normalized spacial score (nSPS) is 9.83. The maximum Gasteiger partial charge on any atom is 0.121 e. The standard InChI is InChI=1S/C15H22N2O/c1-4-10-16-11-12-18-15-9-7-8-14(13-15)17(5-2)6-3/h1,7-9,13,16H,5-6,10-12H2,2-3H3. The molecule has 1 rings (SSSR count). The van der Waals surface area contributed by atoms with E-state index in [0.29, 0.717) is 13.2 Å². The zero-order chi connectivity index (χ0) is 13.2. The Morgan fingerprint density at radius 2 is 2.11 bits per heavy atom. The molecule has 0 radical (unpaired) electrons. The van der Waals surface area contributed by atoms with Crippen molar-refractivity contribution in [1.29, 1.82) is 0 Å². The van der Waals surface area contributed by atoms with E-state index in [0.717, 1.165) is 25.4 Å². The van der Waals surface area contributed by atoms with E-state index < -0.39 is 0 Å². The highest BCUT2D eigenvalue weighted by molar-refractivity contribution is 5.50. The third-order valence-electron chi connectivity index (χ3n) is 2.72. The smallest absolute Gasteiger partial charge is 0.121 e. The molecule has 0 bridgehead atoms. The highest BCUT2D eigenvalue weighted by Gasteiger charge is 2.02. The summed E-state index contributed by atoms with van der Waals surface area (Å²) in [7, 11) is 0. The Morgan fingerprint density at radius 3 is 2.78 bits per heavy atom. The van der Waals surface area contributed by atoms with E-state index >= 15 is 0 Å². The van der Waals surface area contributed by atoms with Crippen LogP contribution in [0.25, 0.3) is 0 Å². The van der Waals surface area contributed by atoms with E-state index in [-0.39, 0.29) is 0 Å². The minimum atomic E-state index is 0.586. The van der Waals surface area contributed by atoms with Crippen molar-refractivity contribution in [3.63, 3.8) is 0 Å². The Hall–Kier alpha value is -1.66. The molecule has 0 aliphatic heterocycles. The SMILES string of the molecule is C#CCNCCOc1cccc(N(CC)CC)c1. The van der Waals surface area contributed by atoms with Crippen LogP contribution in [0.1, 0.15) is 13.8 Å². The van der Waals surface area contributed by atoms with Gasteiger partial charge in [0.25, 0.3) is 0 Å². The largest absolute Gasteiger partial charge is 0.492 e. The number of nitrogens with zero attached hydrogens (tertiary/aromatic N) is 1. The molecule has 3 nitrogen and oxygen atoms in total. The summed E-state index contributed by atoms with van der Waals surface area (Å²) >= 11 is 0. The number of terminal acetylenes is 1. The Bertz CT molecular complexity index is 380. The van der Waals surface area contributed by atoms with Crippen LogP contribution in [0, 0.1) is 12.3 Å². The topological polar surface area (TPSA) is 24.5 Å². The summed E-state index contributed by atoms with van der Waals surface area (Å²) in [6.45, 7) is 8.29. The minimum absolute atomic E-state index is 0.586. The Labute approximate surface area is 110 Å². The van der Waals surface area contributed by atoms with Crippen LogP contribution in [0.5, 0.6) is 5.75 Å². The second kappa shape index (κ2) is 8.43. The van der Waals surface area contributed by atoms with Gasteiger partial charge in [0.15, 0.2) is 0 Å². The van der Waals surface area contributed by atoms with E-state index in [4.69, 9.17) is 11.2 Å². The summed E-state index contributed by atoms with van der Waals surface area (Å²) in [6.07, 6.45) is 5.15. The lowest BCUT2D eigenvalue weighted by molar-refractivity contribution is 0.317. The van der Waals surface area contributed by atoms with E-state index in [1.54, 1.807) is 0 Å². The number of hydrogen-bond donors (Lipinski definition) is 1. The molecule has 1 aromatic carbocycles. The molecule has 1 aromatic rings. The fourth-order valence-electron chi connectivity index (χ4n) is 1.76. The average molecular weight is 246 g/mol. The van der Waals surface area contributed by atoms with E-state index in [9.17, 15) is 0 Å². The molecule has 0 heterocycles. The molecule has 0 aliphatic carbocycles. The van der Waals surface area contributed by atoms with Crippen LogP contribution in [0.4, 0.5) is 5.69 Å². The summed E-state index contributed by atoms with van der Waals surface area (Å²) in [6, 6.07) is 8.19. The average Bonchev–Trinajstić information content (AvgIpc) is 2.40. The lowest BCUT2D eigenvalue weighted by Crippen LogP contribution is -2.22. The molecule has 1 N–H and O–H groups in total. The quantitative estimate of drug-likeness (QED) is 0.562. The lowest BCUT2D eigenvalue weighted by Gasteiger charge is -2.21. The van der Waals surface area contributed by atoms with Gasteiger partial charge in [0.1, 0.15) is 12.4 Å². The molecule has 0 saturated heterocycles. The second-order valence-electron chi connectivity index (χ2n) is 3.90. The number of anilines is 1. The number of nitrogens with one attached hydrogen (secondary N) is 1. The van der Waals surface area contributed by atoms with Crippen LogP contribution in [0.3, 0.4) is 0 Å². The monoisotopic (exact) mass is 246 g/mol. The molecule has 0 aliphatic rings. The van der Waals surface area contributed by atoms with Gasteiger partial charge in [0.05, 0.1) is 6.54 Å². The summed E-state index contributed by atoms with van der Waals surface area (Å²) in [5.41, 5.74) is 1.20. The molecule has 0 amide bonds. The van der Waals surface area contributed by atoms with Crippen molar-refractivity contribution in [2.45, 2.75) is 13.8 Å². The molecule has 0 saturated carbocycles. The second-order valence-corrected chi connectivity index (χ2v) is 3.90. The summed E-state index contributed by atoms with van der Waals surface area (Å²) in [5, 5.41) is 3.09. The van der Waals surface area contributed by atoms with Crippen molar-refractivity contribution >= 4 is 5.69 Å². The molecule has 0 aromatic heterocycles. The van der Waals surface area contributed by atoms with Gasteiger partial charge in [-0.25, -0.2) is 0 Å². The maximum absolute atomic E-state index is 5.67. The van der Waals surface area contributed by atoms with Crippen molar-refractivity contribution in [3.05, 3.63) is 24.3 Å². The van der Waals surface area contributed by atoms with Gasteiger partial charge in [0, 0.05) is 31.4 Å². The number of hydrogen-bond acceptors (Lipinski definition) is 3. The first kappa shape index (κ1) is 14.4. The Morgan fingerprint density at radius 1 is 1.33 bits per heavy atom. The highest BCUT2D eigenvalue weighted by atomic mass is 16.5. The highest BCUT2D eigenvalue weighted by Crippen LogP contribution is 2.20. The van der Waals surface area contributed by atoms with Crippen LogP contribution >= 0.6 is 0 Å². The lowest BCUT2D eigenvalue weighted by atomic mass is 10.2. The van der Waals surface area contributed by atoms with Gasteiger partial charge in [-0.05, 0) is 26.0 Å². The van der Waals surface area contributed by atoms with E-state index in [1.807, 2.05) is 12.1 Å². The molecule has 0 atom stereocenters. The van der Waals surface area contributed by atoms with E-state index in [2.05, 4.69) is 42.1 Å². The molecule has 98 valence electrons. The summed E-state index contributed by atoms with van der Waals surface area (Å²) in [4.78, 5) is 2.30. The van der Waals surface area contributed by atoms with Gasteiger partial charge in [-0.2, -0.15) is 0 Å². The van der Waals surface area contributed by atoms with Crippen LogP contribution in [-0.4, -0.2) is 32.8 Å². The molecule has 18 heavy (non-hydrogen) atoms. The van der Waals surface area contributed by atoms with Gasteiger partial charge in [0.2, 0.25) is 0 Å². The van der Waals surface area contributed by atoms with Crippen LogP contribution in [0.15, 0.2) is 24.3 Å². The predicted octanol–water partition coefficient (Wildman–Crippen LogP) is 2.13. The molecule has 0 fully saturated rings. The first-order valence-corrected chi connectivity index (χ1v) is 6.43. The molecular weight excluding hydrogens is 224 g/mol. The molecule has 0 spiro atoms. The maximum atomic E-state index is 5.67. The predicted molar refractivity (Wildman–Crippen MR) is 77.2 cm³/mol. The third kappa shape index (κ3) is 4.68. The zero-order valence-corrected chi connectivity index (χ0v) is 11.3. The van der Waals surface area contributed by atoms with Crippen molar-refractivity contribution in [2.24, 2.45) is 0 Å². The molecule has 0 unspecified atom stereocenters. The Balaban J connectivity index is 2.47. The zero-order valence-electron chi connectivity index (χ0n) is 11.3. The first-order chi connectivity index (χ1) is 8.81. The van der Waals surface area contributed by atoms with Gasteiger partial charge < -0.3 is 15.0 Å². The third-order valence-corrected chi connectivity index (χ3v) is 2.72. The van der Waals surface area contributed by atoms with Gasteiger partial charge in [-0.3, -0.25) is 0 Å². The van der Waals surface area contributed by atoms with E-state index in [1.165, 1.54) is 5.69 Å². The Kier molecular flexibility index (Phi) is 6.75.